The number of nitrogens with zero attached hydrogens (tertiary/aromatic N) is 3. The number of nitrogens with two attached hydrogens (primary N) is 1. The fourth-order valence-corrected chi connectivity index (χ4v) is 11.7. The van der Waals surface area contributed by atoms with Gasteiger partial charge in [0.05, 0.1) is 31.7 Å². The largest absolute Gasteiger partial charge is 0.481 e. The average Bonchev–Trinajstić information content (AvgIpc) is 1.67. The van der Waals surface area contributed by atoms with Crippen molar-refractivity contribution in [1.29, 1.82) is 0 Å². The van der Waals surface area contributed by atoms with Crippen molar-refractivity contribution in [3.8, 4) is 0 Å². The molecule has 16 N–H and O–H groups in total. The molecule has 32 heteroatoms. The molecule has 1 aliphatic heterocycles. The summed E-state index contributed by atoms with van der Waals surface area (Å²) in [6.45, 7) is -0.636. The topological polar surface area (TPSA) is 456 Å². The number of carboxylic acids is 2. The zero-order chi connectivity index (χ0) is 71.0. The van der Waals surface area contributed by atoms with E-state index in [1.807, 2.05) is 18.2 Å². The summed E-state index contributed by atoms with van der Waals surface area (Å²) in [5.41, 5.74) is 10.2. The molecule has 10 amide bonds. The number of carbonyl (C=O) groups excluding carboxylic acids is 10. The van der Waals surface area contributed by atoms with Crippen molar-refractivity contribution in [2.45, 2.75) is 118 Å². The summed E-state index contributed by atoms with van der Waals surface area (Å²) in [7, 11) is 0. The van der Waals surface area contributed by atoms with E-state index in [0.29, 0.717) is 39.7 Å². The predicted molar refractivity (Wildman–Crippen MR) is 366 cm³/mol. The van der Waals surface area contributed by atoms with Gasteiger partial charge in [-0.15, -0.1) is 0 Å². The molecule has 0 unspecified atom stereocenters. The number of para-hydroxylation sites is 1. The smallest absolute Gasteiger partial charge is 0.326 e. The van der Waals surface area contributed by atoms with E-state index in [2.05, 4.69) is 98.0 Å². The van der Waals surface area contributed by atoms with Gasteiger partial charge in [-0.1, -0.05) is 109 Å². The van der Waals surface area contributed by atoms with Gasteiger partial charge < -0.3 is 83.6 Å². The van der Waals surface area contributed by atoms with E-state index in [1.54, 1.807) is 103 Å². The molecule has 4 aromatic carbocycles. The van der Waals surface area contributed by atoms with Gasteiger partial charge >= 0.3 is 11.9 Å². The highest BCUT2D eigenvalue weighted by Gasteiger charge is 2.40. The van der Waals surface area contributed by atoms with Crippen LogP contribution in [0, 0.1) is 0 Å². The molecule has 0 saturated carbocycles. The molecular weight excluding hydrogens is 1320 g/mol. The van der Waals surface area contributed by atoms with Gasteiger partial charge in [0, 0.05) is 91.0 Å². The van der Waals surface area contributed by atoms with Gasteiger partial charge in [0.2, 0.25) is 59.1 Å². The minimum atomic E-state index is -1.93. The van der Waals surface area contributed by atoms with Crippen LogP contribution in [0.4, 0.5) is 0 Å². The molecule has 1 saturated heterocycles. The normalized spacial score (nSPS) is 15.4. The number of carboxylic acid groups (broad SMARTS) is 2. The highest BCUT2D eigenvalue weighted by atomic mass is 32.1. The first-order valence-electron chi connectivity index (χ1n) is 31.7. The Bertz CT molecular complexity index is 3930. The lowest BCUT2D eigenvalue weighted by molar-refractivity contribution is -0.149. The Balaban J connectivity index is 0.973. The SMILES string of the molecule is N[C@@H](Cc1ccccc1)C(=O)N[C@@H](Cc1ccccc1)C(=O)N[C@@H](CS)C(=O)NCC(=O)N[C@@H](Cc1ccccc1)C(=O)N[C@@H](Cc1c[nH]c2ccccc12)C(=O)N[C@@H](Cc1cnc[nH]1)C(=O)N[C@@H](CC(=O)O)C(=O)N[C@@H](CS)C(=O)N[C@@H](Cc1cnc[nH]1)C(=O)N1CCC[C@H]1C(=O)O. The van der Waals surface area contributed by atoms with Crippen LogP contribution >= 0.6 is 25.3 Å². The van der Waals surface area contributed by atoms with Crippen LogP contribution in [-0.2, 0) is 96.1 Å². The van der Waals surface area contributed by atoms with Gasteiger partial charge in [-0.05, 0) is 47.6 Å². The number of aliphatic carboxylic acids is 2. The van der Waals surface area contributed by atoms with Crippen molar-refractivity contribution < 1.29 is 67.7 Å². The zero-order valence-corrected chi connectivity index (χ0v) is 55.2. The number of benzene rings is 4. The summed E-state index contributed by atoms with van der Waals surface area (Å²) in [4.78, 5) is 184. The summed E-state index contributed by atoms with van der Waals surface area (Å²) in [5, 5.41) is 43.8. The number of nitrogens with one attached hydrogen (secondary N) is 12. The number of aromatic amines is 3. The Morgan fingerprint density at radius 2 is 0.929 bits per heavy atom. The molecule has 0 aliphatic carbocycles. The standard InChI is InChI=1S/C67H78N16O14S2/c68-45(23-38-13-4-1-5-14-38)58(87)76-48(25-40-17-8-3-9-18-40)61(90)81-53(34-98)59(88)72-33-56(84)75-47(24-39-15-6-2-7-16-39)60(89)77-49(26-41-30-71-46-20-11-10-19-44(41)46)62(91)78-50(27-42-31-69-36-73-42)63(92)79-51(29-57(85)86)64(93)82-54(35-99)65(94)80-52(28-43-32-70-37-74-43)66(95)83-22-12-21-55(83)67(96)97/h1-11,13-20,30-32,36-37,45,47-55,71,98-99H,12,21-29,33-35,68H2,(H,69,73)(H,70,74)(H,72,88)(H,75,84)(H,76,87)(H,77,89)(H,78,91)(H,79,92)(H,80,94)(H,81,90)(H,82,93)(H,85,86)(H,96,97)/t45-,47-,48-,49-,50-,51-,52-,53-,54-,55-/m0/s1. The Hall–Kier alpha value is -10.9. The molecule has 1 fully saturated rings. The highest BCUT2D eigenvalue weighted by molar-refractivity contribution is 7.80. The number of rotatable bonds is 36. The Morgan fingerprint density at radius 1 is 0.495 bits per heavy atom. The molecule has 522 valence electrons. The number of hydrogen-bond acceptors (Lipinski definition) is 17. The van der Waals surface area contributed by atoms with Crippen LogP contribution in [-0.4, -0.2) is 196 Å². The van der Waals surface area contributed by atoms with Crippen LogP contribution in [0.1, 0.15) is 52.9 Å². The summed E-state index contributed by atoms with van der Waals surface area (Å²) < 4.78 is 0. The number of fused-ring (bicyclic) bond motifs is 1. The number of amides is 10. The molecule has 8 rings (SSSR count). The molecule has 0 radical (unpaired) electrons. The first kappa shape index (κ1) is 73.9. The summed E-state index contributed by atoms with van der Waals surface area (Å²) >= 11 is 8.56. The van der Waals surface area contributed by atoms with E-state index in [1.165, 1.54) is 25.0 Å². The van der Waals surface area contributed by atoms with Crippen molar-refractivity contribution in [3.05, 3.63) is 180 Å². The predicted octanol–water partition coefficient (Wildman–Crippen LogP) is -0.898. The maximum atomic E-state index is 15.0. The Kier molecular flexibility index (Phi) is 27.2. The monoisotopic (exact) mass is 1390 g/mol. The second-order valence-corrected chi connectivity index (χ2v) is 24.3. The van der Waals surface area contributed by atoms with Crippen LogP contribution < -0.4 is 53.6 Å². The second kappa shape index (κ2) is 36.5. The number of hydrogen-bond donors (Lipinski definition) is 17. The number of thiol groups is 2. The van der Waals surface area contributed by atoms with Crippen LogP contribution in [0.5, 0.6) is 0 Å². The average molecular weight is 1400 g/mol. The molecule has 0 bridgehead atoms. The molecule has 4 heterocycles. The fraction of sp³-hybridized carbons (Fsp3) is 0.343. The first-order chi connectivity index (χ1) is 47.7. The Labute approximate surface area is 578 Å². The van der Waals surface area contributed by atoms with E-state index >= 15 is 4.79 Å². The molecule has 0 spiro atoms. The fourth-order valence-electron chi connectivity index (χ4n) is 11.2. The van der Waals surface area contributed by atoms with Crippen molar-refractivity contribution in [1.82, 2.24) is 77.7 Å². The maximum Gasteiger partial charge on any atom is 0.326 e. The van der Waals surface area contributed by atoms with Gasteiger partial charge in [0.25, 0.3) is 0 Å². The van der Waals surface area contributed by atoms with Gasteiger partial charge in [0.15, 0.2) is 0 Å². The lowest BCUT2D eigenvalue weighted by atomic mass is 10.0. The van der Waals surface area contributed by atoms with E-state index in [9.17, 15) is 63.0 Å². The van der Waals surface area contributed by atoms with Crippen LogP contribution in [0.25, 0.3) is 10.9 Å². The number of likely N-dealkylation sites (tertiary alicyclic amines) is 1. The van der Waals surface area contributed by atoms with E-state index in [4.69, 9.17) is 5.73 Å². The second-order valence-electron chi connectivity index (χ2n) is 23.6. The number of carbonyl (C=O) groups is 12. The Morgan fingerprint density at radius 3 is 1.45 bits per heavy atom. The van der Waals surface area contributed by atoms with Gasteiger partial charge in [0.1, 0.15) is 54.4 Å². The maximum absolute atomic E-state index is 15.0. The minimum absolute atomic E-state index is 0.0253. The molecule has 1 aliphatic rings. The molecule has 7 aromatic rings. The van der Waals surface area contributed by atoms with E-state index in [-0.39, 0.29) is 62.9 Å². The van der Waals surface area contributed by atoms with E-state index < -0.39 is 150 Å². The van der Waals surface area contributed by atoms with E-state index in [0.717, 1.165) is 10.5 Å². The molecule has 3 aromatic heterocycles. The van der Waals surface area contributed by atoms with Crippen LogP contribution in [0.15, 0.2) is 147 Å². The van der Waals surface area contributed by atoms with Crippen molar-refractivity contribution in [3.63, 3.8) is 0 Å². The van der Waals surface area contributed by atoms with Crippen molar-refractivity contribution in [2.24, 2.45) is 5.73 Å². The number of H-pyrrole nitrogens is 3. The molecular formula is C67H78N16O14S2. The molecule has 99 heavy (non-hydrogen) atoms. The van der Waals surface area contributed by atoms with Crippen LogP contribution in [0.2, 0.25) is 0 Å². The van der Waals surface area contributed by atoms with Crippen molar-refractivity contribution in [2.75, 3.05) is 24.6 Å². The number of imidazole rings is 2. The summed E-state index contributed by atoms with van der Waals surface area (Å²) in [6.07, 6.45) is 5.79. The highest BCUT2D eigenvalue weighted by Crippen LogP contribution is 2.22. The van der Waals surface area contributed by atoms with Gasteiger partial charge in [-0.3, -0.25) is 52.7 Å². The quantitative estimate of drug-likeness (QED) is 0.0212. The third-order valence-electron chi connectivity index (χ3n) is 16.3. The minimum Gasteiger partial charge on any atom is -0.481 e. The van der Waals surface area contributed by atoms with Gasteiger partial charge in [-0.2, -0.15) is 25.3 Å². The molecule has 10 atom stereocenters. The lowest BCUT2D eigenvalue weighted by Gasteiger charge is -2.29. The number of aromatic nitrogens is 5. The third-order valence-corrected chi connectivity index (χ3v) is 17.0. The van der Waals surface area contributed by atoms with Crippen LogP contribution in [0.3, 0.4) is 0 Å². The van der Waals surface area contributed by atoms with Crippen molar-refractivity contribution >= 4 is 107 Å². The zero-order valence-electron chi connectivity index (χ0n) is 53.4. The first-order valence-corrected chi connectivity index (χ1v) is 33.0. The summed E-state index contributed by atoms with van der Waals surface area (Å²) in [6, 6.07) is 19.2. The third kappa shape index (κ3) is 21.8. The summed E-state index contributed by atoms with van der Waals surface area (Å²) in [5.74, 6) is -12.4. The molecule has 30 nitrogen and oxygen atoms in total. The van der Waals surface area contributed by atoms with Gasteiger partial charge in [-0.25, -0.2) is 14.8 Å². The lowest BCUT2D eigenvalue weighted by Crippen LogP contribution is -2.61.